The van der Waals surface area contributed by atoms with Crippen molar-refractivity contribution in [3.8, 4) is 0 Å². The van der Waals surface area contributed by atoms with Crippen molar-refractivity contribution < 1.29 is 8.42 Å². The Bertz CT molecular complexity index is 464. The standard InChI is InChI=1S/C16H32N4O2S.HI/c1-17-16(18-8-4-7-15-5-2-3-6-15)19-9-10-20-11-13-23(21,22)14-12-20;/h15H,2-14H2,1H3,(H2,17,18,19);1H. The number of guanidine groups is 1. The summed E-state index contributed by atoms with van der Waals surface area (Å²) in [5, 5.41) is 6.68. The second kappa shape index (κ2) is 11.5. The van der Waals surface area contributed by atoms with Crippen LogP contribution in [0.3, 0.4) is 0 Å². The molecule has 0 radical (unpaired) electrons. The number of nitrogens with zero attached hydrogens (tertiary/aromatic N) is 2. The van der Waals surface area contributed by atoms with E-state index < -0.39 is 9.84 Å². The molecule has 0 aromatic carbocycles. The second-order valence-corrected chi connectivity index (χ2v) is 9.02. The van der Waals surface area contributed by atoms with Crippen molar-refractivity contribution in [1.82, 2.24) is 15.5 Å². The molecule has 2 N–H and O–H groups in total. The molecule has 1 aliphatic carbocycles. The SMILES string of the molecule is CN=C(NCCCC1CCCC1)NCCN1CCS(=O)(=O)CC1.I. The highest BCUT2D eigenvalue weighted by Crippen LogP contribution is 2.28. The van der Waals surface area contributed by atoms with E-state index in [1.165, 1.54) is 38.5 Å². The molecule has 6 nitrogen and oxygen atoms in total. The number of aliphatic imine (C=N–C) groups is 1. The number of sulfone groups is 1. The van der Waals surface area contributed by atoms with Crippen molar-refractivity contribution >= 4 is 39.8 Å². The number of halogens is 1. The highest BCUT2D eigenvalue weighted by molar-refractivity contribution is 14.0. The first-order chi connectivity index (χ1) is 11.1. The van der Waals surface area contributed by atoms with Crippen LogP contribution >= 0.6 is 24.0 Å². The number of nitrogens with one attached hydrogen (secondary N) is 2. The van der Waals surface area contributed by atoms with E-state index in [2.05, 4.69) is 20.5 Å². The molecule has 0 aromatic rings. The molecule has 0 atom stereocenters. The summed E-state index contributed by atoms with van der Waals surface area (Å²) in [5.74, 6) is 2.38. The zero-order valence-electron chi connectivity index (χ0n) is 14.8. The van der Waals surface area contributed by atoms with Gasteiger partial charge in [-0.1, -0.05) is 25.7 Å². The van der Waals surface area contributed by atoms with Gasteiger partial charge >= 0.3 is 0 Å². The van der Waals surface area contributed by atoms with Crippen LogP contribution in [0, 0.1) is 5.92 Å². The van der Waals surface area contributed by atoms with Crippen molar-refractivity contribution in [2.45, 2.75) is 38.5 Å². The van der Waals surface area contributed by atoms with Gasteiger partial charge in [-0.25, -0.2) is 8.42 Å². The van der Waals surface area contributed by atoms with Gasteiger partial charge in [0.2, 0.25) is 0 Å². The topological polar surface area (TPSA) is 73.8 Å². The van der Waals surface area contributed by atoms with Crippen LogP contribution in [-0.2, 0) is 9.84 Å². The zero-order chi connectivity index (χ0) is 16.5. The van der Waals surface area contributed by atoms with Gasteiger partial charge in [-0.05, 0) is 18.8 Å². The third-order valence-corrected chi connectivity index (χ3v) is 6.55. The molecule has 1 heterocycles. The molecule has 8 heteroatoms. The molecule has 2 rings (SSSR count). The number of hydrogen-bond acceptors (Lipinski definition) is 4. The average Bonchev–Trinajstić information content (AvgIpc) is 3.04. The monoisotopic (exact) mass is 472 g/mol. The molecular formula is C16H33IN4O2S. The Morgan fingerprint density at radius 1 is 1.12 bits per heavy atom. The zero-order valence-corrected chi connectivity index (χ0v) is 17.9. The largest absolute Gasteiger partial charge is 0.356 e. The normalized spacial score (nSPS) is 22.1. The van der Waals surface area contributed by atoms with Crippen LogP contribution in [0.25, 0.3) is 0 Å². The Labute approximate surface area is 164 Å². The van der Waals surface area contributed by atoms with E-state index in [1.54, 1.807) is 7.05 Å². The highest BCUT2D eigenvalue weighted by Gasteiger charge is 2.20. The van der Waals surface area contributed by atoms with Gasteiger partial charge in [0.25, 0.3) is 0 Å². The summed E-state index contributed by atoms with van der Waals surface area (Å²) in [7, 11) is -0.991. The van der Waals surface area contributed by atoms with Crippen molar-refractivity contribution in [2.75, 3.05) is 51.3 Å². The maximum atomic E-state index is 11.4. The summed E-state index contributed by atoms with van der Waals surface area (Å²) in [6.45, 7) is 3.92. The average molecular weight is 472 g/mol. The Kier molecular flexibility index (Phi) is 10.5. The minimum atomic E-state index is -2.78. The minimum absolute atomic E-state index is 0. The van der Waals surface area contributed by atoms with E-state index in [4.69, 9.17) is 0 Å². The van der Waals surface area contributed by atoms with Crippen molar-refractivity contribution in [1.29, 1.82) is 0 Å². The number of hydrogen-bond donors (Lipinski definition) is 2. The van der Waals surface area contributed by atoms with E-state index >= 15 is 0 Å². The predicted molar refractivity (Wildman–Crippen MR) is 111 cm³/mol. The first kappa shape index (κ1) is 22.0. The maximum absolute atomic E-state index is 11.4. The lowest BCUT2D eigenvalue weighted by Crippen LogP contribution is -2.46. The van der Waals surface area contributed by atoms with E-state index in [9.17, 15) is 8.42 Å². The van der Waals surface area contributed by atoms with Gasteiger partial charge < -0.3 is 10.6 Å². The molecule has 1 aliphatic heterocycles. The van der Waals surface area contributed by atoms with Crippen LogP contribution in [0.1, 0.15) is 38.5 Å². The summed E-state index contributed by atoms with van der Waals surface area (Å²) in [6, 6.07) is 0. The first-order valence-electron chi connectivity index (χ1n) is 8.96. The molecule has 1 saturated carbocycles. The quantitative estimate of drug-likeness (QED) is 0.254. The summed E-state index contributed by atoms with van der Waals surface area (Å²) in [6.07, 6.45) is 8.19. The van der Waals surface area contributed by atoms with Gasteiger partial charge in [-0.2, -0.15) is 0 Å². The van der Waals surface area contributed by atoms with Crippen molar-refractivity contribution in [3.63, 3.8) is 0 Å². The highest BCUT2D eigenvalue weighted by atomic mass is 127. The summed E-state index contributed by atoms with van der Waals surface area (Å²) < 4.78 is 22.8. The molecule has 0 spiro atoms. The van der Waals surface area contributed by atoms with Crippen LogP contribution < -0.4 is 10.6 Å². The lowest BCUT2D eigenvalue weighted by atomic mass is 10.0. The molecule has 2 fully saturated rings. The van der Waals surface area contributed by atoms with Gasteiger partial charge in [-0.3, -0.25) is 9.89 Å². The summed E-state index contributed by atoms with van der Waals surface area (Å²) in [4.78, 5) is 6.44. The Balaban J connectivity index is 0.00000288. The van der Waals surface area contributed by atoms with Gasteiger partial charge in [0.15, 0.2) is 15.8 Å². The fraction of sp³-hybridized carbons (Fsp3) is 0.938. The predicted octanol–water partition coefficient (Wildman–Crippen LogP) is 1.47. The van der Waals surface area contributed by atoms with Crippen molar-refractivity contribution in [2.24, 2.45) is 10.9 Å². The third-order valence-electron chi connectivity index (χ3n) is 4.94. The van der Waals surface area contributed by atoms with Crippen LogP contribution in [0.2, 0.25) is 0 Å². The molecule has 24 heavy (non-hydrogen) atoms. The third kappa shape index (κ3) is 8.33. The van der Waals surface area contributed by atoms with Crippen LogP contribution in [-0.4, -0.2) is 70.6 Å². The fourth-order valence-electron chi connectivity index (χ4n) is 3.42. The van der Waals surface area contributed by atoms with Gasteiger partial charge in [-0.15, -0.1) is 24.0 Å². The molecule has 142 valence electrons. The van der Waals surface area contributed by atoms with Crippen LogP contribution in [0.15, 0.2) is 4.99 Å². The molecule has 0 amide bonds. The minimum Gasteiger partial charge on any atom is -0.356 e. The Hall–Kier alpha value is -0.0900. The van der Waals surface area contributed by atoms with E-state index in [1.807, 2.05) is 0 Å². The summed E-state index contributed by atoms with van der Waals surface area (Å²) >= 11 is 0. The maximum Gasteiger partial charge on any atom is 0.191 e. The first-order valence-corrected chi connectivity index (χ1v) is 10.8. The van der Waals surface area contributed by atoms with Gasteiger partial charge in [0.1, 0.15) is 0 Å². The smallest absolute Gasteiger partial charge is 0.191 e. The van der Waals surface area contributed by atoms with E-state index in [0.717, 1.165) is 31.5 Å². The van der Waals surface area contributed by atoms with Crippen molar-refractivity contribution in [3.05, 3.63) is 0 Å². The van der Waals surface area contributed by atoms with Crippen LogP contribution in [0.5, 0.6) is 0 Å². The molecule has 0 unspecified atom stereocenters. The molecule has 2 aliphatic rings. The van der Waals surface area contributed by atoms with Crippen LogP contribution in [0.4, 0.5) is 0 Å². The van der Waals surface area contributed by atoms with Gasteiger partial charge in [0.05, 0.1) is 11.5 Å². The van der Waals surface area contributed by atoms with Gasteiger partial charge in [0, 0.05) is 39.8 Å². The lowest BCUT2D eigenvalue weighted by molar-refractivity contribution is 0.299. The molecule has 0 bridgehead atoms. The molecule has 0 aromatic heterocycles. The number of rotatable bonds is 7. The van der Waals surface area contributed by atoms with E-state index in [0.29, 0.717) is 24.6 Å². The van der Waals surface area contributed by atoms with E-state index in [-0.39, 0.29) is 24.0 Å². The second-order valence-electron chi connectivity index (χ2n) is 6.71. The fourth-order valence-corrected chi connectivity index (χ4v) is 4.70. The Morgan fingerprint density at radius 2 is 1.75 bits per heavy atom. The molecular weight excluding hydrogens is 439 g/mol. The summed E-state index contributed by atoms with van der Waals surface area (Å²) in [5.41, 5.74) is 0. The lowest BCUT2D eigenvalue weighted by Gasteiger charge is -2.26. The molecule has 1 saturated heterocycles. The Morgan fingerprint density at radius 3 is 2.38 bits per heavy atom.